The molecule has 0 saturated carbocycles. The first-order chi connectivity index (χ1) is 10.1. The number of hydrazone groups is 1. The molecule has 0 fully saturated rings. The SMILES string of the molecule is CCCOc1c(Cl)cc(/C=N\NC(=O)OC)cc1OCC. The highest BCUT2D eigenvalue weighted by Crippen LogP contribution is 2.36. The third kappa shape index (κ3) is 5.51. The zero-order valence-electron chi connectivity index (χ0n) is 12.3. The summed E-state index contributed by atoms with van der Waals surface area (Å²) >= 11 is 6.20. The molecule has 0 saturated heterocycles. The van der Waals surface area contributed by atoms with Gasteiger partial charge in [-0.05, 0) is 31.0 Å². The van der Waals surface area contributed by atoms with E-state index in [0.29, 0.717) is 35.3 Å². The highest BCUT2D eigenvalue weighted by molar-refractivity contribution is 6.32. The molecule has 0 spiro atoms. The van der Waals surface area contributed by atoms with Crippen molar-refractivity contribution >= 4 is 23.9 Å². The van der Waals surface area contributed by atoms with Gasteiger partial charge in [-0.1, -0.05) is 18.5 Å². The Bertz CT molecular complexity index is 506. The monoisotopic (exact) mass is 314 g/mol. The molecule has 0 atom stereocenters. The Morgan fingerprint density at radius 2 is 2.14 bits per heavy atom. The van der Waals surface area contributed by atoms with Gasteiger partial charge in [0.25, 0.3) is 0 Å². The summed E-state index contributed by atoms with van der Waals surface area (Å²) in [6.45, 7) is 4.92. The number of hydrogen-bond donors (Lipinski definition) is 1. The molecule has 1 aromatic rings. The smallest absolute Gasteiger partial charge is 0.427 e. The van der Waals surface area contributed by atoms with Crippen LogP contribution in [0.1, 0.15) is 25.8 Å². The van der Waals surface area contributed by atoms with E-state index in [1.165, 1.54) is 13.3 Å². The summed E-state index contributed by atoms with van der Waals surface area (Å²) in [5, 5.41) is 4.17. The standard InChI is InChI=1S/C14H19ClN2O4/c1-4-6-21-13-11(15)7-10(8-12(13)20-5-2)9-16-17-14(18)19-3/h7-9H,4-6H2,1-3H3,(H,17,18)/b16-9-. The van der Waals surface area contributed by atoms with Gasteiger partial charge in [0.05, 0.1) is 31.6 Å². The summed E-state index contributed by atoms with van der Waals surface area (Å²) in [6, 6.07) is 3.42. The molecule has 1 N–H and O–H groups in total. The summed E-state index contributed by atoms with van der Waals surface area (Å²) in [5.74, 6) is 1.05. The van der Waals surface area contributed by atoms with Gasteiger partial charge < -0.3 is 14.2 Å². The highest BCUT2D eigenvalue weighted by atomic mass is 35.5. The highest BCUT2D eigenvalue weighted by Gasteiger charge is 2.11. The Morgan fingerprint density at radius 1 is 1.38 bits per heavy atom. The van der Waals surface area contributed by atoms with E-state index in [9.17, 15) is 4.79 Å². The summed E-state index contributed by atoms with van der Waals surface area (Å²) in [5.41, 5.74) is 2.86. The first-order valence-electron chi connectivity index (χ1n) is 6.58. The molecule has 0 radical (unpaired) electrons. The number of rotatable bonds is 7. The van der Waals surface area contributed by atoms with E-state index in [1.807, 2.05) is 13.8 Å². The van der Waals surface area contributed by atoms with Gasteiger partial charge in [-0.2, -0.15) is 5.10 Å². The van der Waals surface area contributed by atoms with E-state index < -0.39 is 6.09 Å². The van der Waals surface area contributed by atoms with Crippen molar-refractivity contribution in [1.82, 2.24) is 5.43 Å². The zero-order chi connectivity index (χ0) is 15.7. The van der Waals surface area contributed by atoms with Gasteiger partial charge in [0.1, 0.15) is 0 Å². The third-order valence-corrected chi connectivity index (χ3v) is 2.62. The normalized spacial score (nSPS) is 10.5. The fourth-order valence-corrected chi connectivity index (χ4v) is 1.75. The van der Waals surface area contributed by atoms with Crippen LogP contribution < -0.4 is 14.9 Å². The van der Waals surface area contributed by atoms with Crippen molar-refractivity contribution in [3.8, 4) is 11.5 Å². The Kier molecular flexibility index (Phi) is 7.39. The van der Waals surface area contributed by atoms with Crippen LogP contribution in [0.25, 0.3) is 0 Å². The Balaban J connectivity index is 2.94. The van der Waals surface area contributed by atoms with E-state index in [1.54, 1.807) is 12.1 Å². The predicted octanol–water partition coefficient (Wildman–Crippen LogP) is 3.22. The molecule has 0 bridgehead atoms. The minimum Gasteiger partial charge on any atom is -0.490 e. The van der Waals surface area contributed by atoms with Crippen molar-refractivity contribution in [3.05, 3.63) is 22.7 Å². The van der Waals surface area contributed by atoms with E-state index in [2.05, 4.69) is 15.3 Å². The van der Waals surface area contributed by atoms with Gasteiger partial charge in [-0.25, -0.2) is 10.2 Å². The van der Waals surface area contributed by atoms with Crippen molar-refractivity contribution < 1.29 is 19.0 Å². The number of nitrogens with zero attached hydrogens (tertiary/aromatic N) is 1. The largest absolute Gasteiger partial charge is 0.490 e. The quantitative estimate of drug-likeness (QED) is 0.619. The Morgan fingerprint density at radius 3 is 2.76 bits per heavy atom. The van der Waals surface area contributed by atoms with Gasteiger partial charge in [0.15, 0.2) is 11.5 Å². The molecule has 0 aliphatic carbocycles. The number of carbonyl (C=O) groups excluding carboxylic acids is 1. The second-order valence-electron chi connectivity index (χ2n) is 3.97. The van der Waals surface area contributed by atoms with E-state index in [0.717, 1.165) is 6.42 Å². The fourth-order valence-electron chi connectivity index (χ4n) is 1.47. The number of ether oxygens (including phenoxy) is 3. The lowest BCUT2D eigenvalue weighted by Gasteiger charge is -2.13. The van der Waals surface area contributed by atoms with Crippen molar-refractivity contribution in [1.29, 1.82) is 0 Å². The molecular weight excluding hydrogens is 296 g/mol. The topological polar surface area (TPSA) is 69.2 Å². The maximum atomic E-state index is 10.9. The molecule has 0 heterocycles. The number of halogens is 1. The molecule has 6 nitrogen and oxygen atoms in total. The van der Waals surface area contributed by atoms with E-state index in [4.69, 9.17) is 21.1 Å². The van der Waals surface area contributed by atoms with Crippen molar-refractivity contribution in [3.63, 3.8) is 0 Å². The Labute approximate surface area is 129 Å². The Hall–Kier alpha value is -1.95. The van der Waals surface area contributed by atoms with Crippen LogP contribution >= 0.6 is 11.6 Å². The summed E-state index contributed by atoms with van der Waals surface area (Å²) < 4.78 is 15.5. The minimum absolute atomic E-state index is 0.425. The maximum Gasteiger partial charge on any atom is 0.427 e. The van der Waals surface area contributed by atoms with Crippen LogP contribution in [0.5, 0.6) is 11.5 Å². The summed E-state index contributed by atoms with van der Waals surface area (Å²) in [6.07, 6.45) is 1.66. The minimum atomic E-state index is -0.648. The second kappa shape index (κ2) is 9.07. The molecule has 0 unspecified atom stereocenters. The van der Waals surface area contributed by atoms with Crippen LogP contribution in [0.2, 0.25) is 5.02 Å². The summed E-state index contributed by atoms with van der Waals surface area (Å²) in [4.78, 5) is 10.9. The number of benzene rings is 1. The van der Waals surface area contributed by atoms with Crippen molar-refractivity contribution in [2.45, 2.75) is 20.3 Å². The van der Waals surface area contributed by atoms with Gasteiger partial charge in [-0.15, -0.1) is 0 Å². The maximum absolute atomic E-state index is 10.9. The van der Waals surface area contributed by atoms with Gasteiger partial charge in [0, 0.05) is 0 Å². The molecule has 0 aliphatic rings. The van der Waals surface area contributed by atoms with Crippen LogP contribution in [0.3, 0.4) is 0 Å². The number of carbonyl (C=O) groups is 1. The molecule has 0 aliphatic heterocycles. The van der Waals surface area contributed by atoms with E-state index >= 15 is 0 Å². The lowest BCUT2D eigenvalue weighted by molar-refractivity contribution is 0.171. The first-order valence-corrected chi connectivity index (χ1v) is 6.96. The number of methoxy groups -OCH3 is 1. The molecule has 1 aromatic carbocycles. The van der Waals surface area contributed by atoms with Gasteiger partial charge in [0.2, 0.25) is 0 Å². The predicted molar refractivity (Wildman–Crippen MR) is 81.5 cm³/mol. The average Bonchev–Trinajstić information content (AvgIpc) is 2.46. The second-order valence-corrected chi connectivity index (χ2v) is 4.38. The molecule has 7 heteroatoms. The third-order valence-electron chi connectivity index (χ3n) is 2.34. The van der Waals surface area contributed by atoms with Crippen LogP contribution in [0.4, 0.5) is 4.79 Å². The number of amides is 1. The molecule has 116 valence electrons. The fraction of sp³-hybridized carbons (Fsp3) is 0.429. The molecule has 21 heavy (non-hydrogen) atoms. The van der Waals surface area contributed by atoms with Crippen molar-refractivity contribution in [2.75, 3.05) is 20.3 Å². The average molecular weight is 315 g/mol. The zero-order valence-corrected chi connectivity index (χ0v) is 13.1. The van der Waals surface area contributed by atoms with Crippen LogP contribution in [0, 0.1) is 0 Å². The molecular formula is C14H19ClN2O4. The van der Waals surface area contributed by atoms with Crippen molar-refractivity contribution in [2.24, 2.45) is 5.10 Å². The number of nitrogens with one attached hydrogen (secondary N) is 1. The van der Waals surface area contributed by atoms with Crippen LogP contribution in [-0.2, 0) is 4.74 Å². The van der Waals surface area contributed by atoms with Gasteiger partial charge in [-0.3, -0.25) is 0 Å². The molecule has 1 amide bonds. The lowest BCUT2D eigenvalue weighted by atomic mass is 10.2. The molecule has 0 aromatic heterocycles. The lowest BCUT2D eigenvalue weighted by Crippen LogP contribution is -2.16. The number of hydrogen-bond acceptors (Lipinski definition) is 5. The van der Waals surface area contributed by atoms with Crippen LogP contribution in [0.15, 0.2) is 17.2 Å². The van der Waals surface area contributed by atoms with E-state index in [-0.39, 0.29) is 0 Å². The first kappa shape index (κ1) is 17.1. The summed E-state index contributed by atoms with van der Waals surface area (Å²) in [7, 11) is 1.26. The van der Waals surface area contributed by atoms with Crippen LogP contribution in [-0.4, -0.2) is 32.6 Å². The van der Waals surface area contributed by atoms with Gasteiger partial charge >= 0.3 is 6.09 Å². The molecule has 1 rings (SSSR count).